The molecule has 1 aliphatic heterocycles. The normalized spacial score (nSPS) is 16.4. The highest BCUT2D eigenvalue weighted by Crippen LogP contribution is 2.37. The fraction of sp³-hybridized carbons (Fsp3) is 0.391. The van der Waals surface area contributed by atoms with E-state index >= 15 is 0 Å². The molecule has 4 rings (SSSR count). The number of aromatic nitrogens is 2. The molecule has 1 aromatic carbocycles. The SMILES string of the molecule is Cc1ccc2c(Cl)cc(Cl)c(OCC(=O)c3cc(C)n(C[C@@H]4CCCO4)c3C)c2n1. The largest absolute Gasteiger partial charge is 0.482 e. The van der Waals surface area contributed by atoms with Crippen molar-refractivity contribution in [3.8, 4) is 5.75 Å². The lowest BCUT2D eigenvalue weighted by molar-refractivity contribution is 0.0915. The van der Waals surface area contributed by atoms with Gasteiger partial charge in [-0.3, -0.25) is 4.79 Å². The van der Waals surface area contributed by atoms with Crippen LogP contribution in [0.4, 0.5) is 0 Å². The van der Waals surface area contributed by atoms with E-state index in [0.29, 0.717) is 26.9 Å². The quantitative estimate of drug-likeness (QED) is 0.455. The Labute approximate surface area is 185 Å². The van der Waals surface area contributed by atoms with Gasteiger partial charge in [0.25, 0.3) is 0 Å². The molecular formula is C23H24Cl2N2O3. The summed E-state index contributed by atoms with van der Waals surface area (Å²) in [5.41, 5.74) is 4.00. The molecule has 5 nitrogen and oxygen atoms in total. The summed E-state index contributed by atoms with van der Waals surface area (Å²) < 4.78 is 13.8. The van der Waals surface area contributed by atoms with E-state index in [0.717, 1.165) is 48.5 Å². The number of aryl methyl sites for hydroxylation is 2. The number of ketones is 1. The first kappa shape index (κ1) is 21.2. The first-order chi connectivity index (χ1) is 14.3. The minimum absolute atomic E-state index is 0.103. The molecular weight excluding hydrogens is 423 g/mol. The summed E-state index contributed by atoms with van der Waals surface area (Å²) in [5.74, 6) is 0.273. The van der Waals surface area contributed by atoms with Gasteiger partial charge in [-0.25, -0.2) is 4.98 Å². The maximum Gasteiger partial charge on any atom is 0.202 e. The lowest BCUT2D eigenvalue weighted by atomic mass is 10.1. The van der Waals surface area contributed by atoms with Crippen LogP contribution < -0.4 is 4.74 Å². The van der Waals surface area contributed by atoms with Crippen molar-refractivity contribution in [2.24, 2.45) is 0 Å². The second-order valence-electron chi connectivity index (χ2n) is 7.76. The van der Waals surface area contributed by atoms with Crippen LogP contribution in [0.3, 0.4) is 0 Å². The summed E-state index contributed by atoms with van der Waals surface area (Å²) in [6.07, 6.45) is 2.35. The average molecular weight is 447 g/mol. The third kappa shape index (κ3) is 4.07. The number of halogens is 2. The second kappa shape index (κ2) is 8.58. The standard InChI is InChI=1S/C23H24Cl2N2O3/c1-13-6-7-17-19(24)10-20(25)23(22(17)26-13)30-12-21(28)18-9-14(2)27(15(18)3)11-16-5-4-8-29-16/h6-7,9-10,16H,4-5,8,11-12H2,1-3H3/t16-/m0/s1. The topological polar surface area (TPSA) is 53.4 Å². The maximum atomic E-state index is 13.0. The molecule has 1 fully saturated rings. The molecule has 0 amide bonds. The summed E-state index contributed by atoms with van der Waals surface area (Å²) in [6, 6.07) is 7.29. The highest BCUT2D eigenvalue weighted by Gasteiger charge is 2.22. The van der Waals surface area contributed by atoms with Crippen LogP contribution in [0.5, 0.6) is 5.75 Å². The Balaban J connectivity index is 1.56. The average Bonchev–Trinajstić information content (AvgIpc) is 3.31. The predicted octanol–water partition coefficient (Wildman–Crippen LogP) is 5.71. The van der Waals surface area contributed by atoms with Gasteiger partial charge >= 0.3 is 0 Å². The molecule has 7 heteroatoms. The molecule has 0 saturated carbocycles. The van der Waals surface area contributed by atoms with E-state index in [9.17, 15) is 4.79 Å². The Morgan fingerprint density at radius 1 is 1.23 bits per heavy atom. The van der Waals surface area contributed by atoms with E-state index in [1.54, 1.807) is 6.07 Å². The number of nitrogens with zero attached hydrogens (tertiary/aromatic N) is 2. The van der Waals surface area contributed by atoms with Gasteiger partial charge in [0.2, 0.25) is 5.78 Å². The second-order valence-corrected chi connectivity index (χ2v) is 8.57. The molecule has 0 spiro atoms. The highest BCUT2D eigenvalue weighted by molar-refractivity contribution is 6.39. The molecule has 0 unspecified atom stereocenters. The van der Waals surface area contributed by atoms with E-state index in [-0.39, 0.29) is 18.5 Å². The van der Waals surface area contributed by atoms with E-state index in [1.807, 2.05) is 39.0 Å². The monoisotopic (exact) mass is 446 g/mol. The zero-order chi connectivity index (χ0) is 21.4. The fourth-order valence-corrected chi connectivity index (χ4v) is 4.57. The predicted molar refractivity (Wildman–Crippen MR) is 119 cm³/mol. The number of carbonyl (C=O) groups excluding carboxylic acids is 1. The van der Waals surface area contributed by atoms with Gasteiger partial charge in [0.1, 0.15) is 5.52 Å². The number of hydrogen-bond acceptors (Lipinski definition) is 4. The molecule has 3 heterocycles. The number of carbonyl (C=O) groups is 1. The Hall–Kier alpha value is -2.08. The molecule has 158 valence electrons. The van der Waals surface area contributed by atoms with Crippen molar-refractivity contribution in [1.82, 2.24) is 9.55 Å². The van der Waals surface area contributed by atoms with Crippen molar-refractivity contribution >= 4 is 39.9 Å². The van der Waals surface area contributed by atoms with Gasteiger partial charge in [-0.1, -0.05) is 23.2 Å². The van der Waals surface area contributed by atoms with Crippen LogP contribution in [-0.4, -0.2) is 34.7 Å². The third-order valence-electron chi connectivity index (χ3n) is 5.61. The van der Waals surface area contributed by atoms with Crippen molar-refractivity contribution < 1.29 is 14.3 Å². The fourth-order valence-electron chi connectivity index (χ4n) is 4.00. The molecule has 0 radical (unpaired) electrons. The molecule has 1 atom stereocenters. The number of hydrogen-bond donors (Lipinski definition) is 0. The van der Waals surface area contributed by atoms with Crippen molar-refractivity contribution in [1.29, 1.82) is 0 Å². The Kier molecular flexibility index (Phi) is 6.05. The van der Waals surface area contributed by atoms with E-state index in [4.69, 9.17) is 32.7 Å². The van der Waals surface area contributed by atoms with Crippen LogP contribution >= 0.6 is 23.2 Å². The highest BCUT2D eigenvalue weighted by atomic mass is 35.5. The smallest absolute Gasteiger partial charge is 0.202 e. The lowest BCUT2D eigenvalue weighted by Crippen LogP contribution is -2.18. The number of pyridine rings is 1. The van der Waals surface area contributed by atoms with Gasteiger partial charge in [-0.15, -0.1) is 0 Å². The van der Waals surface area contributed by atoms with Gasteiger partial charge in [0, 0.05) is 41.2 Å². The molecule has 0 N–H and O–H groups in total. The summed E-state index contributed by atoms with van der Waals surface area (Å²) >= 11 is 12.7. The zero-order valence-corrected chi connectivity index (χ0v) is 18.8. The number of Topliss-reactive ketones (excluding diaryl/α,β-unsaturated/α-hetero) is 1. The molecule has 3 aromatic rings. The first-order valence-electron chi connectivity index (χ1n) is 10.0. The molecule has 2 aromatic heterocycles. The Morgan fingerprint density at radius 2 is 2.03 bits per heavy atom. The number of ether oxygens (including phenoxy) is 2. The van der Waals surface area contributed by atoms with E-state index in [2.05, 4.69) is 9.55 Å². The molecule has 0 bridgehead atoms. The zero-order valence-electron chi connectivity index (χ0n) is 17.3. The van der Waals surface area contributed by atoms with Crippen LogP contribution in [0.25, 0.3) is 10.9 Å². The molecule has 1 saturated heterocycles. The molecule has 30 heavy (non-hydrogen) atoms. The minimum Gasteiger partial charge on any atom is -0.482 e. The van der Waals surface area contributed by atoms with Gasteiger partial charge in [0.15, 0.2) is 12.4 Å². The Morgan fingerprint density at radius 3 is 2.77 bits per heavy atom. The van der Waals surface area contributed by atoms with Crippen LogP contribution in [0, 0.1) is 20.8 Å². The number of rotatable bonds is 6. The van der Waals surface area contributed by atoms with Crippen molar-refractivity contribution in [3.05, 3.63) is 57.0 Å². The number of fused-ring (bicyclic) bond motifs is 1. The summed E-state index contributed by atoms with van der Waals surface area (Å²) in [6.45, 7) is 7.30. The van der Waals surface area contributed by atoms with Gasteiger partial charge in [0.05, 0.1) is 16.1 Å². The first-order valence-corrected chi connectivity index (χ1v) is 10.8. The molecule has 0 aliphatic carbocycles. The van der Waals surface area contributed by atoms with Crippen LogP contribution in [0.1, 0.15) is 40.3 Å². The van der Waals surface area contributed by atoms with Crippen LogP contribution in [0.2, 0.25) is 10.0 Å². The summed E-state index contributed by atoms with van der Waals surface area (Å²) in [5, 5.41) is 1.57. The maximum absolute atomic E-state index is 13.0. The van der Waals surface area contributed by atoms with E-state index < -0.39 is 0 Å². The lowest BCUT2D eigenvalue weighted by Gasteiger charge is -2.15. The van der Waals surface area contributed by atoms with Gasteiger partial charge < -0.3 is 14.0 Å². The minimum atomic E-state index is -0.129. The third-order valence-corrected chi connectivity index (χ3v) is 6.20. The summed E-state index contributed by atoms with van der Waals surface area (Å²) in [4.78, 5) is 17.5. The van der Waals surface area contributed by atoms with Crippen LogP contribution in [-0.2, 0) is 11.3 Å². The Bertz CT molecular complexity index is 1120. The summed E-state index contributed by atoms with van der Waals surface area (Å²) in [7, 11) is 0. The number of benzene rings is 1. The van der Waals surface area contributed by atoms with Gasteiger partial charge in [-0.2, -0.15) is 0 Å². The van der Waals surface area contributed by atoms with Crippen molar-refractivity contribution in [3.63, 3.8) is 0 Å². The van der Waals surface area contributed by atoms with Gasteiger partial charge in [-0.05, 0) is 57.9 Å². The van der Waals surface area contributed by atoms with Crippen molar-refractivity contribution in [2.45, 2.75) is 46.3 Å². The van der Waals surface area contributed by atoms with Crippen molar-refractivity contribution in [2.75, 3.05) is 13.2 Å². The molecule has 1 aliphatic rings. The van der Waals surface area contributed by atoms with E-state index in [1.165, 1.54) is 0 Å². The van der Waals surface area contributed by atoms with Crippen LogP contribution in [0.15, 0.2) is 24.3 Å².